The molecule has 1 aromatic carbocycles. The lowest BCUT2D eigenvalue weighted by Crippen LogP contribution is -2.52. The van der Waals surface area contributed by atoms with Crippen LogP contribution in [0.1, 0.15) is 19.3 Å². The van der Waals surface area contributed by atoms with Crippen LogP contribution >= 0.6 is 0 Å². The summed E-state index contributed by atoms with van der Waals surface area (Å²) in [4.78, 5) is 32.6. The van der Waals surface area contributed by atoms with E-state index in [4.69, 9.17) is 4.74 Å². The molecule has 2 amide bonds. The van der Waals surface area contributed by atoms with E-state index in [1.807, 2.05) is 40.8 Å². The number of rotatable bonds is 3. The fourth-order valence-electron chi connectivity index (χ4n) is 3.98. The second-order valence-electron chi connectivity index (χ2n) is 7.06. The molecule has 26 heavy (non-hydrogen) atoms. The van der Waals surface area contributed by atoms with Gasteiger partial charge in [-0.15, -0.1) is 0 Å². The molecule has 2 saturated heterocycles. The number of benzene rings is 1. The molecule has 7 nitrogen and oxygen atoms in total. The summed E-state index contributed by atoms with van der Waals surface area (Å²) in [5.41, 5.74) is 2.00. The number of hydrogen-bond donors (Lipinski definition) is 0. The predicted molar refractivity (Wildman–Crippen MR) is 96.5 cm³/mol. The molecule has 0 radical (unpaired) electrons. The van der Waals surface area contributed by atoms with Crippen molar-refractivity contribution in [2.45, 2.75) is 38.0 Å². The van der Waals surface area contributed by atoms with Crippen LogP contribution in [0.15, 0.2) is 30.6 Å². The minimum absolute atomic E-state index is 0.0259. The number of imidazole rings is 1. The summed E-state index contributed by atoms with van der Waals surface area (Å²) in [6.07, 6.45) is 3.83. The largest absolute Gasteiger partial charge is 0.366 e. The minimum Gasteiger partial charge on any atom is -0.366 e. The maximum Gasteiger partial charge on any atom is 0.248 e. The zero-order chi connectivity index (χ0) is 18.1. The number of ether oxygens (including phenoxy) is 1. The van der Waals surface area contributed by atoms with Crippen molar-refractivity contribution < 1.29 is 14.3 Å². The van der Waals surface area contributed by atoms with Gasteiger partial charge >= 0.3 is 0 Å². The van der Waals surface area contributed by atoms with Gasteiger partial charge in [-0.1, -0.05) is 12.1 Å². The molecule has 0 N–H and O–H groups in total. The van der Waals surface area contributed by atoms with Gasteiger partial charge in [0.05, 0.1) is 29.5 Å². The average Bonchev–Trinajstić information content (AvgIpc) is 2.94. The third kappa shape index (κ3) is 3.19. The molecule has 1 aromatic heterocycles. The molecular weight excluding hydrogens is 332 g/mol. The number of carbonyl (C=O) groups is 2. The highest BCUT2D eigenvalue weighted by Crippen LogP contribution is 2.23. The smallest absolute Gasteiger partial charge is 0.248 e. The Bertz CT molecular complexity index is 818. The maximum absolute atomic E-state index is 12.7. The summed E-state index contributed by atoms with van der Waals surface area (Å²) in [5, 5.41) is 0. The summed E-state index contributed by atoms with van der Waals surface area (Å²) in [5.74, 6) is 0.174. The number of amides is 2. The molecule has 2 fully saturated rings. The van der Waals surface area contributed by atoms with Crippen molar-refractivity contribution in [1.29, 1.82) is 0 Å². The lowest BCUT2D eigenvalue weighted by atomic mass is 10.0. The lowest BCUT2D eigenvalue weighted by molar-refractivity contribution is -0.154. The fraction of sp³-hybridized carbons (Fsp3) is 0.526. The van der Waals surface area contributed by atoms with Crippen molar-refractivity contribution in [3.8, 4) is 0 Å². The number of aryl methyl sites for hydroxylation is 1. The van der Waals surface area contributed by atoms with E-state index in [0.29, 0.717) is 26.1 Å². The molecule has 0 aliphatic carbocycles. The number of likely N-dealkylation sites (N-methyl/N-ethyl adjacent to an activating group) is 1. The van der Waals surface area contributed by atoms with Crippen LogP contribution in [0, 0.1) is 0 Å². The van der Waals surface area contributed by atoms with E-state index in [0.717, 1.165) is 23.9 Å². The molecule has 138 valence electrons. The first kappa shape index (κ1) is 17.0. The normalized spacial score (nSPS) is 23.8. The van der Waals surface area contributed by atoms with E-state index in [1.165, 1.54) is 0 Å². The SMILES string of the molecule is CN1C(=O)CO[C@H]2CCN(C(=O)CCn3cnc4ccccc43)CC[C@@H]21. The van der Waals surface area contributed by atoms with Gasteiger partial charge in [-0.25, -0.2) is 4.98 Å². The highest BCUT2D eigenvalue weighted by molar-refractivity contribution is 5.79. The van der Waals surface area contributed by atoms with Crippen LogP contribution in [-0.4, -0.2) is 70.1 Å². The van der Waals surface area contributed by atoms with Gasteiger partial charge in [0.2, 0.25) is 11.8 Å². The highest BCUT2D eigenvalue weighted by atomic mass is 16.5. The van der Waals surface area contributed by atoms with Crippen molar-refractivity contribution in [3.63, 3.8) is 0 Å². The first-order chi connectivity index (χ1) is 12.6. The van der Waals surface area contributed by atoms with Crippen LogP contribution in [0.3, 0.4) is 0 Å². The topological polar surface area (TPSA) is 67.7 Å². The van der Waals surface area contributed by atoms with E-state index in [-0.39, 0.29) is 30.6 Å². The molecule has 0 unspecified atom stereocenters. The van der Waals surface area contributed by atoms with Crippen LogP contribution in [0.25, 0.3) is 11.0 Å². The van der Waals surface area contributed by atoms with Crippen molar-refractivity contribution in [3.05, 3.63) is 30.6 Å². The number of likely N-dealkylation sites (tertiary alicyclic amines) is 1. The summed E-state index contributed by atoms with van der Waals surface area (Å²) < 4.78 is 7.73. The minimum atomic E-state index is 0.0259. The van der Waals surface area contributed by atoms with Gasteiger partial charge in [0.25, 0.3) is 0 Å². The Hall–Kier alpha value is -2.41. The Morgan fingerprint density at radius 1 is 1.27 bits per heavy atom. The van der Waals surface area contributed by atoms with Gasteiger partial charge in [0.15, 0.2) is 0 Å². The van der Waals surface area contributed by atoms with E-state index in [2.05, 4.69) is 4.98 Å². The number of hydrogen-bond acceptors (Lipinski definition) is 4. The average molecular weight is 356 g/mol. The summed E-state index contributed by atoms with van der Waals surface area (Å²) >= 11 is 0. The Morgan fingerprint density at radius 2 is 2.08 bits per heavy atom. The lowest BCUT2D eigenvalue weighted by Gasteiger charge is -2.37. The van der Waals surface area contributed by atoms with E-state index >= 15 is 0 Å². The zero-order valence-electron chi connectivity index (χ0n) is 15.0. The molecular formula is C19H24N4O3. The monoisotopic (exact) mass is 356 g/mol. The van der Waals surface area contributed by atoms with Gasteiger partial charge in [-0.3, -0.25) is 9.59 Å². The van der Waals surface area contributed by atoms with Crippen LogP contribution in [0.4, 0.5) is 0 Å². The van der Waals surface area contributed by atoms with Crippen molar-refractivity contribution in [1.82, 2.24) is 19.4 Å². The van der Waals surface area contributed by atoms with Gasteiger partial charge in [-0.2, -0.15) is 0 Å². The van der Waals surface area contributed by atoms with E-state index < -0.39 is 0 Å². The van der Waals surface area contributed by atoms with Crippen molar-refractivity contribution >= 4 is 22.8 Å². The van der Waals surface area contributed by atoms with Crippen LogP contribution in [-0.2, 0) is 20.9 Å². The molecule has 2 aliphatic rings. The molecule has 7 heteroatoms. The first-order valence-corrected chi connectivity index (χ1v) is 9.18. The Kier molecular flexibility index (Phi) is 4.63. The van der Waals surface area contributed by atoms with Crippen molar-refractivity contribution in [2.24, 2.45) is 0 Å². The van der Waals surface area contributed by atoms with Crippen LogP contribution in [0.2, 0.25) is 0 Å². The van der Waals surface area contributed by atoms with Crippen LogP contribution in [0.5, 0.6) is 0 Å². The zero-order valence-corrected chi connectivity index (χ0v) is 15.0. The third-order valence-electron chi connectivity index (χ3n) is 5.57. The van der Waals surface area contributed by atoms with Gasteiger partial charge in [0.1, 0.15) is 6.61 Å². The Balaban J connectivity index is 1.37. The van der Waals surface area contributed by atoms with E-state index in [9.17, 15) is 9.59 Å². The number of carbonyl (C=O) groups excluding carboxylic acids is 2. The maximum atomic E-state index is 12.7. The fourth-order valence-corrected chi connectivity index (χ4v) is 3.98. The standard InChI is InChI=1S/C19H24N4O3/c1-21-16-6-9-22(10-7-17(16)26-12-19(21)25)18(24)8-11-23-13-20-14-4-2-3-5-15(14)23/h2-5,13,16-17H,6-12H2,1H3/t16-,17-/m0/s1. The number of fused-ring (bicyclic) bond motifs is 2. The molecule has 0 saturated carbocycles. The highest BCUT2D eigenvalue weighted by Gasteiger charge is 2.37. The second-order valence-corrected chi connectivity index (χ2v) is 7.06. The summed E-state index contributed by atoms with van der Waals surface area (Å²) in [6.45, 7) is 2.13. The Morgan fingerprint density at radius 3 is 2.96 bits per heavy atom. The quantitative estimate of drug-likeness (QED) is 0.831. The molecule has 2 aromatic rings. The number of nitrogens with zero attached hydrogens (tertiary/aromatic N) is 4. The molecule has 4 rings (SSSR count). The molecule has 2 aliphatic heterocycles. The van der Waals surface area contributed by atoms with Gasteiger partial charge in [0, 0.05) is 33.1 Å². The van der Waals surface area contributed by atoms with Gasteiger partial charge < -0.3 is 19.1 Å². The van der Waals surface area contributed by atoms with Crippen LogP contribution < -0.4 is 0 Å². The Labute approximate surface area is 152 Å². The van der Waals surface area contributed by atoms with E-state index in [1.54, 1.807) is 11.2 Å². The number of morpholine rings is 1. The molecule has 3 heterocycles. The van der Waals surface area contributed by atoms with Gasteiger partial charge in [-0.05, 0) is 25.0 Å². The van der Waals surface area contributed by atoms with Crippen molar-refractivity contribution in [2.75, 3.05) is 26.7 Å². The number of para-hydroxylation sites is 2. The number of aromatic nitrogens is 2. The molecule has 2 atom stereocenters. The molecule has 0 spiro atoms. The summed E-state index contributed by atoms with van der Waals surface area (Å²) in [7, 11) is 1.84. The molecule has 0 bridgehead atoms. The predicted octanol–water partition coefficient (Wildman–Crippen LogP) is 1.27. The first-order valence-electron chi connectivity index (χ1n) is 9.18. The second kappa shape index (κ2) is 7.07. The third-order valence-corrected chi connectivity index (χ3v) is 5.57. The summed E-state index contributed by atoms with van der Waals surface area (Å²) in [6, 6.07) is 8.02.